The van der Waals surface area contributed by atoms with Gasteiger partial charge in [-0.1, -0.05) is 6.07 Å². The van der Waals surface area contributed by atoms with Crippen molar-refractivity contribution in [3.63, 3.8) is 0 Å². The summed E-state index contributed by atoms with van der Waals surface area (Å²) in [6.07, 6.45) is -1.96. The summed E-state index contributed by atoms with van der Waals surface area (Å²) in [5, 5.41) is 2.47. The summed E-state index contributed by atoms with van der Waals surface area (Å²) in [6, 6.07) is 3.70. The van der Waals surface area contributed by atoms with Crippen molar-refractivity contribution in [3.05, 3.63) is 64.7 Å². The van der Waals surface area contributed by atoms with E-state index in [0.717, 1.165) is 42.7 Å². The third kappa shape index (κ3) is 7.72. The monoisotopic (exact) mass is 506 g/mol. The zero-order chi connectivity index (χ0) is 25.8. The van der Waals surface area contributed by atoms with Crippen LogP contribution in [0.3, 0.4) is 0 Å². The summed E-state index contributed by atoms with van der Waals surface area (Å²) in [6.45, 7) is 4.71. The summed E-state index contributed by atoms with van der Waals surface area (Å²) in [5.74, 6) is -3.10. The van der Waals surface area contributed by atoms with Gasteiger partial charge < -0.3 is 10.1 Å². The van der Waals surface area contributed by atoms with Crippen LogP contribution in [0.1, 0.15) is 43.5 Å². The number of sulfonamides is 1. The van der Waals surface area contributed by atoms with Crippen LogP contribution < -0.4 is 14.8 Å². The van der Waals surface area contributed by atoms with Gasteiger partial charge in [-0.2, -0.15) is 13.2 Å². The van der Waals surface area contributed by atoms with Crippen LogP contribution in [0.5, 0.6) is 5.75 Å². The average molecular weight is 506 g/mol. The van der Waals surface area contributed by atoms with Gasteiger partial charge >= 0.3 is 6.18 Å². The highest BCUT2D eigenvalue weighted by Gasteiger charge is 2.31. The second-order valence-corrected chi connectivity index (χ2v) is 9.46. The first-order valence-corrected chi connectivity index (χ1v) is 11.8. The van der Waals surface area contributed by atoms with E-state index in [1.54, 1.807) is 18.6 Å². The van der Waals surface area contributed by atoms with Crippen LogP contribution in [-0.2, 0) is 21.0 Å². The zero-order valence-electron chi connectivity index (χ0n) is 18.6. The Balaban J connectivity index is 2.20. The number of carbonyl (C=O) groups excluding carboxylic acids is 1. The number of hydrogen-bond acceptors (Lipinski definition) is 4. The van der Waals surface area contributed by atoms with E-state index in [9.17, 15) is 35.2 Å². The van der Waals surface area contributed by atoms with Gasteiger partial charge in [0.25, 0.3) is 0 Å². The second-order valence-electron chi connectivity index (χ2n) is 7.71. The van der Waals surface area contributed by atoms with Crippen LogP contribution >= 0.6 is 0 Å². The zero-order valence-corrected chi connectivity index (χ0v) is 19.4. The Kier molecular flexibility index (Phi) is 8.30. The van der Waals surface area contributed by atoms with Gasteiger partial charge in [0.15, 0.2) is 11.6 Å². The van der Waals surface area contributed by atoms with Crippen LogP contribution in [0.4, 0.5) is 27.6 Å². The number of carbonyl (C=O) groups is 1. The van der Waals surface area contributed by atoms with E-state index < -0.39 is 57.1 Å². The first-order valence-electron chi connectivity index (χ1n) is 9.90. The highest BCUT2D eigenvalue weighted by atomic mass is 32.2. The summed E-state index contributed by atoms with van der Waals surface area (Å²) in [7, 11) is -3.91. The number of amides is 1. The van der Waals surface area contributed by atoms with Crippen LogP contribution in [0.2, 0.25) is 0 Å². The number of ether oxygens (including phenoxy) is 1. The lowest BCUT2D eigenvalue weighted by Gasteiger charge is -2.16. The molecule has 0 aliphatic rings. The van der Waals surface area contributed by atoms with E-state index in [-0.39, 0.29) is 16.9 Å². The van der Waals surface area contributed by atoms with E-state index in [1.807, 2.05) is 0 Å². The standard InChI is InChI=1S/C22H23F5N2O4S/c1-12(2)33-19-11-16(22(25,26)27)7-5-14(19)6-8-20(30)28-13(3)15-9-17(23)21(18(24)10-15)29-34(4,31)32/h5-13,29H,1-4H3,(H,28,30). The third-order valence-corrected chi connectivity index (χ3v) is 4.90. The highest BCUT2D eigenvalue weighted by Crippen LogP contribution is 2.34. The Morgan fingerprint density at radius 2 is 1.65 bits per heavy atom. The maximum absolute atomic E-state index is 14.2. The fraction of sp³-hybridized carbons (Fsp3) is 0.318. The second kappa shape index (κ2) is 10.4. The van der Waals surface area contributed by atoms with Gasteiger partial charge in [0.1, 0.15) is 11.4 Å². The molecule has 2 N–H and O–H groups in total. The smallest absolute Gasteiger partial charge is 0.416 e. The number of anilines is 1. The third-order valence-electron chi connectivity index (χ3n) is 4.33. The van der Waals surface area contributed by atoms with Crippen molar-refractivity contribution in [2.75, 3.05) is 11.0 Å². The van der Waals surface area contributed by atoms with Gasteiger partial charge in [-0.3, -0.25) is 9.52 Å². The topological polar surface area (TPSA) is 84.5 Å². The summed E-state index contributed by atoms with van der Waals surface area (Å²) < 4.78 is 97.0. The number of hydrogen-bond donors (Lipinski definition) is 2. The van der Waals surface area contributed by atoms with Crippen LogP contribution in [0.25, 0.3) is 6.08 Å². The molecular formula is C22H23F5N2O4S. The molecule has 0 aliphatic carbocycles. The minimum atomic E-state index is -4.57. The van der Waals surface area contributed by atoms with Gasteiger partial charge in [-0.15, -0.1) is 0 Å². The molecule has 0 radical (unpaired) electrons. The Morgan fingerprint density at radius 3 is 2.15 bits per heavy atom. The van der Waals surface area contributed by atoms with Crippen molar-refractivity contribution < 1.29 is 39.9 Å². The van der Waals surface area contributed by atoms with Crippen molar-refractivity contribution in [2.45, 2.75) is 39.1 Å². The van der Waals surface area contributed by atoms with E-state index in [0.29, 0.717) is 0 Å². The molecule has 1 unspecified atom stereocenters. The number of nitrogens with one attached hydrogen (secondary N) is 2. The fourth-order valence-electron chi connectivity index (χ4n) is 2.84. The quantitative estimate of drug-likeness (QED) is 0.389. The van der Waals surface area contributed by atoms with Gasteiger partial charge in [0, 0.05) is 11.6 Å². The maximum atomic E-state index is 14.2. The molecule has 0 saturated carbocycles. The number of benzene rings is 2. The molecule has 12 heteroatoms. The predicted molar refractivity (Wildman–Crippen MR) is 118 cm³/mol. The lowest BCUT2D eigenvalue weighted by Crippen LogP contribution is -2.25. The van der Waals surface area contributed by atoms with Gasteiger partial charge in [0.05, 0.1) is 24.0 Å². The molecular weight excluding hydrogens is 483 g/mol. The van der Waals surface area contributed by atoms with E-state index in [4.69, 9.17) is 4.74 Å². The van der Waals surface area contributed by atoms with Crippen molar-refractivity contribution >= 4 is 27.7 Å². The van der Waals surface area contributed by atoms with Crippen LogP contribution in [0.15, 0.2) is 36.4 Å². The molecule has 0 fully saturated rings. The minimum Gasteiger partial charge on any atom is -0.490 e. The van der Waals surface area contributed by atoms with E-state index >= 15 is 0 Å². The Hall–Kier alpha value is -3.15. The molecule has 6 nitrogen and oxygen atoms in total. The molecule has 34 heavy (non-hydrogen) atoms. The minimum absolute atomic E-state index is 0.0224. The molecule has 0 spiro atoms. The molecule has 0 bridgehead atoms. The van der Waals surface area contributed by atoms with Crippen molar-refractivity contribution in [2.24, 2.45) is 0 Å². The summed E-state index contributed by atoms with van der Waals surface area (Å²) in [5.41, 5.74) is -1.51. The lowest BCUT2D eigenvalue weighted by molar-refractivity contribution is -0.137. The number of rotatable bonds is 8. The molecule has 1 amide bonds. The summed E-state index contributed by atoms with van der Waals surface area (Å²) >= 11 is 0. The average Bonchev–Trinajstić information content (AvgIpc) is 2.67. The Morgan fingerprint density at radius 1 is 1.06 bits per heavy atom. The molecule has 186 valence electrons. The molecule has 1 atom stereocenters. The van der Waals surface area contributed by atoms with Crippen molar-refractivity contribution in [1.82, 2.24) is 5.32 Å². The number of halogens is 5. The molecule has 0 aromatic heterocycles. The summed E-state index contributed by atoms with van der Waals surface area (Å²) in [4.78, 5) is 12.3. The highest BCUT2D eigenvalue weighted by molar-refractivity contribution is 7.92. The molecule has 0 saturated heterocycles. The van der Waals surface area contributed by atoms with Crippen LogP contribution in [-0.4, -0.2) is 26.7 Å². The van der Waals surface area contributed by atoms with Crippen molar-refractivity contribution in [1.29, 1.82) is 0 Å². The fourth-order valence-corrected chi connectivity index (χ4v) is 3.41. The maximum Gasteiger partial charge on any atom is 0.416 e. The molecule has 2 aromatic carbocycles. The lowest BCUT2D eigenvalue weighted by atomic mass is 10.1. The Labute approximate surface area is 193 Å². The number of alkyl halides is 3. The van der Waals surface area contributed by atoms with Gasteiger partial charge in [-0.05, 0) is 56.7 Å². The van der Waals surface area contributed by atoms with E-state index in [2.05, 4.69) is 5.32 Å². The predicted octanol–water partition coefficient (Wildman–Crippen LogP) is 5.03. The molecule has 2 rings (SSSR count). The van der Waals surface area contributed by atoms with E-state index in [1.165, 1.54) is 13.0 Å². The molecule has 2 aromatic rings. The first-order chi connectivity index (χ1) is 15.6. The van der Waals surface area contributed by atoms with Crippen molar-refractivity contribution in [3.8, 4) is 5.75 Å². The van der Waals surface area contributed by atoms with Crippen LogP contribution in [0, 0.1) is 11.6 Å². The normalized spacial score (nSPS) is 13.2. The first kappa shape index (κ1) is 27.1. The SMILES string of the molecule is CC(C)Oc1cc(C(F)(F)F)ccc1C=CC(=O)NC(C)c1cc(F)c(NS(C)(=O)=O)c(F)c1. The molecule has 0 aliphatic heterocycles. The molecule has 0 heterocycles. The van der Waals surface area contributed by atoms with Gasteiger partial charge in [-0.25, -0.2) is 17.2 Å². The van der Waals surface area contributed by atoms with Gasteiger partial charge in [0.2, 0.25) is 15.9 Å². The Bertz CT molecular complexity index is 1170. The largest absolute Gasteiger partial charge is 0.490 e.